The van der Waals surface area contributed by atoms with Gasteiger partial charge in [-0.2, -0.15) is 0 Å². The van der Waals surface area contributed by atoms with Crippen molar-refractivity contribution in [3.63, 3.8) is 0 Å². The van der Waals surface area contributed by atoms with E-state index in [9.17, 15) is 9.59 Å². The van der Waals surface area contributed by atoms with Gasteiger partial charge in [-0.05, 0) is 24.3 Å². The van der Waals surface area contributed by atoms with E-state index in [1.165, 1.54) is 19.2 Å². The normalized spacial score (nSPS) is 11.9. The number of carbonyl (C=O) groups excluding carboxylic acids is 2. The van der Waals surface area contributed by atoms with Crippen LogP contribution in [-0.2, 0) is 9.53 Å². The summed E-state index contributed by atoms with van der Waals surface area (Å²) >= 11 is 0. The Kier molecular flexibility index (Phi) is 7.20. The molecule has 2 aromatic carbocycles. The summed E-state index contributed by atoms with van der Waals surface area (Å²) in [6, 6.07) is 10.2. The first kappa shape index (κ1) is 21.1. The number of nitrogens with one attached hydrogen (secondary N) is 1. The summed E-state index contributed by atoms with van der Waals surface area (Å²) in [6.45, 7) is 0.817. The molecule has 1 heterocycles. The molecule has 9 nitrogen and oxygen atoms in total. The molecule has 1 aliphatic rings. The Balaban J connectivity index is 1.45. The van der Waals surface area contributed by atoms with Crippen molar-refractivity contribution in [2.75, 3.05) is 47.2 Å². The average Bonchev–Trinajstić information content (AvgIpc) is 2.79. The molecule has 0 bridgehead atoms. The molecule has 0 radical (unpaired) electrons. The molecule has 160 valence electrons. The Labute approximate surface area is 173 Å². The van der Waals surface area contributed by atoms with Crippen LogP contribution in [0.5, 0.6) is 28.7 Å². The van der Waals surface area contributed by atoms with E-state index < -0.39 is 18.5 Å². The van der Waals surface area contributed by atoms with Gasteiger partial charge < -0.3 is 33.7 Å². The second kappa shape index (κ2) is 10.2. The number of esters is 1. The van der Waals surface area contributed by atoms with Gasteiger partial charge in [-0.25, -0.2) is 4.79 Å². The summed E-state index contributed by atoms with van der Waals surface area (Å²) in [6.07, 6.45) is 0. The van der Waals surface area contributed by atoms with E-state index in [2.05, 4.69) is 5.32 Å². The van der Waals surface area contributed by atoms with Crippen LogP contribution < -0.4 is 29.0 Å². The van der Waals surface area contributed by atoms with Gasteiger partial charge in [0.2, 0.25) is 5.75 Å². The van der Waals surface area contributed by atoms with Crippen molar-refractivity contribution >= 4 is 11.9 Å². The van der Waals surface area contributed by atoms with E-state index in [1.807, 2.05) is 12.1 Å². The number of methoxy groups -OCH3 is 2. The largest absolute Gasteiger partial charge is 0.493 e. The Hall–Kier alpha value is -3.62. The summed E-state index contributed by atoms with van der Waals surface area (Å²) in [4.78, 5) is 24.2. The molecule has 0 aliphatic carbocycles. The maximum absolute atomic E-state index is 12.3. The minimum Gasteiger partial charge on any atom is -0.493 e. The van der Waals surface area contributed by atoms with E-state index in [-0.39, 0.29) is 18.7 Å². The van der Waals surface area contributed by atoms with Crippen molar-refractivity contribution in [2.45, 2.75) is 0 Å². The van der Waals surface area contributed by atoms with Gasteiger partial charge in [-0.1, -0.05) is 12.1 Å². The minimum absolute atomic E-state index is 0.198. The molecule has 1 N–H and O–H groups in total. The van der Waals surface area contributed by atoms with E-state index >= 15 is 0 Å². The van der Waals surface area contributed by atoms with Gasteiger partial charge in [0.1, 0.15) is 19.8 Å². The van der Waals surface area contributed by atoms with Crippen molar-refractivity contribution in [1.29, 1.82) is 0 Å². The van der Waals surface area contributed by atoms with E-state index in [0.29, 0.717) is 42.0 Å². The van der Waals surface area contributed by atoms with Crippen LogP contribution in [0.2, 0.25) is 0 Å². The number of hydrogen-bond acceptors (Lipinski definition) is 8. The van der Waals surface area contributed by atoms with E-state index in [1.54, 1.807) is 19.2 Å². The predicted octanol–water partition coefficient (Wildman–Crippen LogP) is 1.83. The topological polar surface area (TPSA) is 102 Å². The Morgan fingerprint density at radius 3 is 2.50 bits per heavy atom. The number of fused-ring (bicyclic) bond motifs is 1. The third-order valence-electron chi connectivity index (χ3n) is 4.15. The number of hydrogen-bond donors (Lipinski definition) is 1. The fourth-order valence-corrected chi connectivity index (χ4v) is 2.75. The predicted molar refractivity (Wildman–Crippen MR) is 106 cm³/mol. The second-order valence-electron chi connectivity index (χ2n) is 6.13. The van der Waals surface area contributed by atoms with Crippen LogP contribution in [-0.4, -0.2) is 59.1 Å². The molecule has 0 saturated heterocycles. The van der Waals surface area contributed by atoms with Gasteiger partial charge >= 0.3 is 5.97 Å². The van der Waals surface area contributed by atoms with Crippen LogP contribution in [0.15, 0.2) is 36.4 Å². The molecule has 1 aliphatic heterocycles. The first-order valence-corrected chi connectivity index (χ1v) is 9.29. The number of amides is 1. The maximum Gasteiger partial charge on any atom is 0.338 e. The molecule has 0 unspecified atom stereocenters. The van der Waals surface area contributed by atoms with Gasteiger partial charge in [0.25, 0.3) is 5.91 Å². The number of benzene rings is 2. The lowest BCUT2D eigenvalue weighted by atomic mass is 10.1. The van der Waals surface area contributed by atoms with Gasteiger partial charge in [0.05, 0.1) is 26.3 Å². The fraction of sp³-hybridized carbons (Fsp3) is 0.333. The highest BCUT2D eigenvalue weighted by atomic mass is 16.6. The highest BCUT2D eigenvalue weighted by Gasteiger charge is 2.22. The van der Waals surface area contributed by atoms with Gasteiger partial charge in [0.15, 0.2) is 29.6 Å². The highest BCUT2D eigenvalue weighted by molar-refractivity contribution is 5.92. The zero-order chi connectivity index (χ0) is 21.3. The molecule has 2 aromatic rings. The van der Waals surface area contributed by atoms with Crippen LogP contribution in [0.25, 0.3) is 0 Å². The number of rotatable bonds is 9. The zero-order valence-electron chi connectivity index (χ0n) is 16.8. The van der Waals surface area contributed by atoms with Crippen LogP contribution in [0.1, 0.15) is 10.4 Å². The Bertz CT molecular complexity index is 881. The van der Waals surface area contributed by atoms with Gasteiger partial charge in [-0.3, -0.25) is 4.79 Å². The smallest absolute Gasteiger partial charge is 0.338 e. The maximum atomic E-state index is 12.3. The number of carbonyl (C=O) groups is 2. The standard InChI is InChI=1S/C21H23NO8/c1-25-15-5-3-4-6-16(15)27-8-7-22-19(23)13-30-21(24)14-11-17(26-2)20-18(12-14)28-9-10-29-20/h3-6,11-12H,7-10,13H2,1-2H3,(H,22,23). The zero-order valence-corrected chi connectivity index (χ0v) is 16.8. The van der Waals surface area contributed by atoms with Crippen LogP contribution in [0.3, 0.4) is 0 Å². The van der Waals surface area contributed by atoms with Crippen LogP contribution >= 0.6 is 0 Å². The fourth-order valence-electron chi connectivity index (χ4n) is 2.75. The SMILES string of the molecule is COc1ccccc1OCCNC(=O)COC(=O)c1cc(OC)c2c(c1)OCCO2. The molecule has 0 spiro atoms. The van der Waals surface area contributed by atoms with Crippen molar-refractivity contribution < 1.29 is 38.0 Å². The lowest BCUT2D eigenvalue weighted by molar-refractivity contribution is -0.124. The second-order valence-corrected chi connectivity index (χ2v) is 6.13. The first-order valence-electron chi connectivity index (χ1n) is 9.29. The van der Waals surface area contributed by atoms with Gasteiger partial charge in [-0.15, -0.1) is 0 Å². The van der Waals surface area contributed by atoms with E-state index in [4.69, 9.17) is 28.4 Å². The summed E-state index contributed by atoms with van der Waals surface area (Å²) in [5.74, 6) is 1.25. The molecule has 0 atom stereocenters. The monoisotopic (exact) mass is 417 g/mol. The Morgan fingerprint density at radius 2 is 1.73 bits per heavy atom. The molecule has 3 rings (SSSR count). The van der Waals surface area contributed by atoms with Crippen molar-refractivity contribution in [2.24, 2.45) is 0 Å². The third kappa shape index (κ3) is 5.25. The highest BCUT2D eigenvalue weighted by Crippen LogP contribution is 2.40. The molecule has 1 amide bonds. The molecular formula is C21H23NO8. The van der Waals surface area contributed by atoms with Crippen molar-refractivity contribution in [3.05, 3.63) is 42.0 Å². The molecule has 30 heavy (non-hydrogen) atoms. The van der Waals surface area contributed by atoms with Crippen molar-refractivity contribution in [1.82, 2.24) is 5.32 Å². The number of ether oxygens (including phenoxy) is 6. The van der Waals surface area contributed by atoms with Crippen molar-refractivity contribution in [3.8, 4) is 28.7 Å². The summed E-state index contributed by atoms with van der Waals surface area (Å²) in [5.41, 5.74) is 0.198. The average molecular weight is 417 g/mol. The molecule has 9 heteroatoms. The van der Waals surface area contributed by atoms with Crippen LogP contribution in [0.4, 0.5) is 0 Å². The van der Waals surface area contributed by atoms with Crippen LogP contribution in [0, 0.1) is 0 Å². The summed E-state index contributed by atoms with van der Waals surface area (Å²) < 4.78 is 32.0. The number of para-hydroxylation sites is 2. The lowest BCUT2D eigenvalue weighted by Gasteiger charge is -2.21. The van der Waals surface area contributed by atoms with Gasteiger partial charge in [0, 0.05) is 0 Å². The summed E-state index contributed by atoms with van der Waals surface area (Å²) in [7, 11) is 3.01. The third-order valence-corrected chi connectivity index (χ3v) is 4.15. The molecular weight excluding hydrogens is 394 g/mol. The first-order chi connectivity index (χ1) is 14.6. The lowest BCUT2D eigenvalue weighted by Crippen LogP contribution is -2.32. The minimum atomic E-state index is -0.675. The quantitative estimate of drug-likeness (QED) is 0.487. The Morgan fingerprint density at radius 1 is 1.00 bits per heavy atom. The molecule has 0 aromatic heterocycles. The van der Waals surface area contributed by atoms with E-state index in [0.717, 1.165) is 0 Å². The molecule has 0 fully saturated rings. The summed E-state index contributed by atoms with van der Waals surface area (Å²) in [5, 5.41) is 2.62. The molecule has 0 saturated carbocycles.